The number of aromatic amines is 1. The van der Waals surface area contributed by atoms with Gasteiger partial charge in [0.25, 0.3) is 5.56 Å². The molecule has 3 nitrogen and oxygen atoms in total. The second-order valence-corrected chi connectivity index (χ2v) is 5.53. The highest BCUT2D eigenvalue weighted by atomic mass is 79.9. The first-order valence-electron chi connectivity index (χ1n) is 5.96. The van der Waals surface area contributed by atoms with E-state index in [1.165, 1.54) is 6.07 Å². The van der Waals surface area contributed by atoms with Gasteiger partial charge in [-0.3, -0.25) is 4.79 Å². The molecule has 0 fully saturated rings. The number of halogens is 2. The van der Waals surface area contributed by atoms with Gasteiger partial charge in [-0.05, 0) is 52.5 Å². The average Bonchev–Trinajstić information content (AvgIpc) is 2.35. The number of hydrogen-bond donors (Lipinski definition) is 1. The quantitative estimate of drug-likeness (QED) is 0.913. The minimum Gasteiger partial charge on any atom is -0.306 e. The predicted molar refractivity (Wildman–Crippen MR) is 76.8 cm³/mol. The fourth-order valence-electron chi connectivity index (χ4n) is 1.79. The van der Waals surface area contributed by atoms with E-state index in [-0.39, 0.29) is 17.3 Å². The van der Waals surface area contributed by atoms with Gasteiger partial charge >= 0.3 is 0 Å². The molecule has 0 bridgehead atoms. The maximum Gasteiger partial charge on any atom is 0.265 e. The van der Waals surface area contributed by atoms with E-state index >= 15 is 0 Å². The molecule has 0 unspecified atom stereocenters. The minimum absolute atomic E-state index is 0.122. The zero-order valence-electron chi connectivity index (χ0n) is 10.9. The average molecular weight is 325 g/mol. The van der Waals surface area contributed by atoms with Crippen LogP contribution >= 0.6 is 15.9 Å². The van der Waals surface area contributed by atoms with Crippen molar-refractivity contribution in [2.24, 2.45) is 0 Å². The Morgan fingerprint density at radius 2 is 2.05 bits per heavy atom. The first-order chi connectivity index (χ1) is 8.90. The first-order valence-corrected chi connectivity index (χ1v) is 6.75. The van der Waals surface area contributed by atoms with Gasteiger partial charge in [0.05, 0.1) is 5.69 Å². The molecular weight excluding hydrogens is 311 g/mol. The van der Waals surface area contributed by atoms with Gasteiger partial charge in [-0.2, -0.15) is 0 Å². The van der Waals surface area contributed by atoms with Gasteiger partial charge in [-0.15, -0.1) is 0 Å². The lowest BCUT2D eigenvalue weighted by Crippen LogP contribution is -2.14. The van der Waals surface area contributed by atoms with Gasteiger partial charge in [-0.25, -0.2) is 9.37 Å². The number of aromatic nitrogens is 2. The third-order valence-electron chi connectivity index (χ3n) is 2.87. The van der Waals surface area contributed by atoms with E-state index in [4.69, 9.17) is 0 Å². The van der Waals surface area contributed by atoms with Gasteiger partial charge in [0, 0.05) is 5.56 Å². The van der Waals surface area contributed by atoms with Gasteiger partial charge in [0.2, 0.25) is 0 Å². The highest BCUT2D eigenvalue weighted by Crippen LogP contribution is 2.23. The Labute approximate surface area is 119 Å². The van der Waals surface area contributed by atoms with Crippen molar-refractivity contribution in [3.05, 3.63) is 50.1 Å². The van der Waals surface area contributed by atoms with E-state index in [1.807, 2.05) is 13.8 Å². The van der Waals surface area contributed by atoms with Crippen molar-refractivity contribution in [1.82, 2.24) is 9.97 Å². The van der Waals surface area contributed by atoms with Crippen molar-refractivity contribution >= 4 is 15.9 Å². The monoisotopic (exact) mass is 324 g/mol. The topological polar surface area (TPSA) is 45.8 Å². The molecule has 1 aromatic heterocycles. The highest BCUT2D eigenvalue weighted by molar-refractivity contribution is 9.10. The molecule has 5 heteroatoms. The molecule has 1 heterocycles. The third kappa shape index (κ3) is 2.76. The van der Waals surface area contributed by atoms with Gasteiger partial charge in [0.1, 0.15) is 16.1 Å². The minimum atomic E-state index is -0.271. The fourth-order valence-corrected chi connectivity index (χ4v) is 2.43. The third-order valence-corrected chi connectivity index (χ3v) is 3.63. The van der Waals surface area contributed by atoms with E-state index in [2.05, 4.69) is 25.9 Å². The number of aryl methyl sites for hydroxylation is 1. The van der Waals surface area contributed by atoms with Crippen LogP contribution in [0.4, 0.5) is 4.39 Å². The maximum atomic E-state index is 13.3. The summed E-state index contributed by atoms with van der Waals surface area (Å²) in [5.41, 5.74) is 1.69. The largest absolute Gasteiger partial charge is 0.306 e. The molecule has 0 radical (unpaired) electrons. The van der Waals surface area contributed by atoms with Crippen LogP contribution in [0.3, 0.4) is 0 Å². The summed E-state index contributed by atoms with van der Waals surface area (Å²) in [6.45, 7) is 5.61. The Hall–Kier alpha value is -1.49. The summed E-state index contributed by atoms with van der Waals surface area (Å²) in [5, 5.41) is 0. The molecule has 2 rings (SSSR count). The number of nitrogens with one attached hydrogen (secondary N) is 1. The van der Waals surface area contributed by atoms with E-state index in [0.717, 1.165) is 0 Å². The molecule has 0 spiro atoms. The molecule has 2 aromatic rings. The van der Waals surface area contributed by atoms with Crippen LogP contribution in [0.5, 0.6) is 0 Å². The second-order valence-electron chi connectivity index (χ2n) is 4.73. The van der Waals surface area contributed by atoms with Gasteiger partial charge in [-0.1, -0.05) is 13.8 Å². The van der Waals surface area contributed by atoms with Crippen molar-refractivity contribution in [3.63, 3.8) is 0 Å². The molecule has 0 atom stereocenters. The lowest BCUT2D eigenvalue weighted by Gasteiger charge is -2.10. The number of nitrogens with zero attached hydrogens (tertiary/aromatic N) is 1. The number of benzene rings is 1. The molecule has 19 heavy (non-hydrogen) atoms. The summed E-state index contributed by atoms with van der Waals surface area (Å²) >= 11 is 3.25. The molecule has 0 saturated heterocycles. The van der Waals surface area contributed by atoms with Crippen LogP contribution < -0.4 is 5.56 Å². The fraction of sp³-hybridized carbons (Fsp3) is 0.286. The lowest BCUT2D eigenvalue weighted by atomic mass is 10.1. The van der Waals surface area contributed by atoms with Crippen LogP contribution in [-0.2, 0) is 0 Å². The molecule has 0 aliphatic carbocycles. The summed E-state index contributed by atoms with van der Waals surface area (Å²) in [4.78, 5) is 19.0. The van der Waals surface area contributed by atoms with Crippen LogP contribution in [-0.4, -0.2) is 9.97 Å². The SMILES string of the molecule is Cc1cc(-c2nc(C(C)C)c(Br)c(=O)[nH]2)ccc1F. The van der Waals surface area contributed by atoms with Gasteiger partial charge < -0.3 is 4.98 Å². The molecule has 0 aliphatic heterocycles. The summed E-state index contributed by atoms with van der Waals surface area (Å²) < 4.78 is 13.7. The van der Waals surface area contributed by atoms with Crippen molar-refractivity contribution in [1.29, 1.82) is 0 Å². The normalized spacial score (nSPS) is 11.1. The van der Waals surface area contributed by atoms with E-state index in [0.29, 0.717) is 27.1 Å². The van der Waals surface area contributed by atoms with Crippen LogP contribution in [0.1, 0.15) is 31.0 Å². The molecule has 0 aliphatic rings. The number of rotatable bonds is 2. The molecule has 0 amide bonds. The van der Waals surface area contributed by atoms with Crippen molar-refractivity contribution in [2.45, 2.75) is 26.7 Å². The zero-order valence-corrected chi connectivity index (χ0v) is 12.5. The predicted octanol–water partition coefficient (Wildman–Crippen LogP) is 3.77. The summed E-state index contributed by atoms with van der Waals surface area (Å²) in [7, 11) is 0. The molecule has 100 valence electrons. The highest BCUT2D eigenvalue weighted by Gasteiger charge is 2.13. The van der Waals surface area contributed by atoms with Crippen molar-refractivity contribution < 1.29 is 4.39 Å². The van der Waals surface area contributed by atoms with Crippen molar-refractivity contribution in [3.8, 4) is 11.4 Å². The molecular formula is C14H14BrFN2O. The summed E-state index contributed by atoms with van der Waals surface area (Å²) in [5.74, 6) is 0.310. The molecule has 0 saturated carbocycles. The molecule has 1 N–H and O–H groups in total. The van der Waals surface area contributed by atoms with Crippen molar-refractivity contribution in [2.75, 3.05) is 0 Å². The maximum absolute atomic E-state index is 13.3. The lowest BCUT2D eigenvalue weighted by molar-refractivity contribution is 0.618. The van der Waals surface area contributed by atoms with E-state index < -0.39 is 0 Å². The Bertz CT molecular complexity index is 680. The summed E-state index contributed by atoms with van der Waals surface area (Å²) in [6, 6.07) is 4.66. The van der Waals surface area contributed by atoms with Crippen LogP contribution in [0.25, 0.3) is 11.4 Å². The Morgan fingerprint density at radius 1 is 1.37 bits per heavy atom. The zero-order chi connectivity index (χ0) is 14.2. The number of hydrogen-bond acceptors (Lipinski definition) is 2. The van der Waals surface area contributed by atoms with E-state index in [1.54, 1.807) is 19.1 Å². The summed E-state index contributed by atoms with van der Waals surface area (Å²) in [6.07, 6.45) is 0. The van der Waals surface area contributed by atoms with Crippen LogP contribution in [0.15, 0.2) is 27.5 Å². The standard InChI is InChI=1S/C14H14BrFN2O/c1-7(2)12-11(15)14(19)18-13(17-12)9-4-5-10(16)8(3)6-9/h4-7H,1-3H3,(H,17,18,19). The van der Waals surface area contributed by atoms with Crippen LogP contribution in [0.2, 0.25) is 0 Å². The van der Waals surface area contributed by atoms with E-state index in [9.17, 15) is 9.18 Å². The molecule has 1 aromatic carbocycles. The Balaban J connectivity index is 2.63. The van der Waals surface area contributed by atoms with Crippen LogP contribution in [0, 0.1) is 12.7 Å². The van der Waals surface area contributed by atoms with Gasteiger partial charge in [0.15, 0.2) is 0 Å². The second kappa shape index (κ2) is 5.25. The Kier molecular flexibility index (Phi) is 3.85. The first kappa shape index (κ1) is 13.9. The smallest absolute Gasteiger partial charge is 0.265 e. The number of H-pyrrole nitrogens is 1. The Morgan fingerprint density at radius 3 is 2.63 bits per heavy atom.